The van der Waals surface area contributed by atoms with Gasteiger partial charge in [-0.2, -0.15) is 0 Å². The van der Waals surface area contributed by atoms with Crippen molar-refractivity contribution in [3.05, 3.63) is 0 Å². The van der Waals surface area contributed by atoms with Gasteiger partial charge in [0, 0.05) is 0 Å². The van der Waals surface area contributed by atoms with Gasteiger partial charge in [0.05, 0.1) is 12.5 Å². The van der Waals surface area contributed by atoms with Gasteiger partial charge in [0.25, 0.3) is 0 Å². The molecule has 11 heavy (non-hydrogen) atoms. The molecule has 0 aromatic heterocycles. The third-order valence-electron chi connectivity index (χ3n) is 2.59. The number of hydrogen-bond acceptors (Lipinski definition) is 2. The molecule has 1 rings (SSSR count). The smallest absolute Gasteiger partial charge is 0.309 e. The minimum atomic E-state index is 0.00634. The lowest BCUT2D eigenvalue weighted by Crippen LogP contribution is -2.08. The quantitative estimate of drug-likeness (QED) is 0.583. The van der Waals surface area contributed by atoms with Crippen molar-refractivity contribution in [3.8, 4) is 0 Å². The van der Waals surface area contributed by atoms with E-state index in [2.05, 4.69) is 13.8 Å². The molecule has 0 saturated heterocycles. The van der Waals surface area contributed by atoms with Crippen LogP contribution in [0, 0.1) is 17.8 Å². The van der Waals surface area contributed by atoms with Crippen LogP contribution in [0.15, 0.2) is 0 Å². The summed E-state index contributed by atoms with van der Waals surface area (Å²) in [5.41, 5.74) is 0. The second kappa shape index (κ2) is 3.24. The Bertz CT molecular complexity index is 154. The molecule has 0 unspecified atom stereocenters. The van der Waals surface area contributed by atoms with E-state index in [1.54, 1.807) is 0 Å². The van der Waals surface area contributed by atoms with Crippen LogP contribution in [0.5, 0.6) is 0 Å². The predicted octanol–water partition coefficient (Wildman–Crippen LogP) is 1.84. The van der Waals surface area contributed by atoms with Crippen molar-refractivity contribution in [2.75, 3.05) is 6.61 Å². The Morgan fingerprint density at radius 1 is 1.45 bits per heavy atom. The molecule has 1 aliphatic carbocycles. The zero-order valence-corrected chi connectivity index (χ0v) is 7.46. The minimum absolute atomic E-state index is 0.00634. The van der Waals surface area contributed by atoms with E-state index in [1.165, 1.54) is 0 Å². The Balaban J connectivity index is 2.34. The zero-order chi connectivity index (χ0) is 8.43. The summed E-state index contributed by atoms with van der Waals surface area (Å²) in [6.45, 7) is 6.61. The summed E-state index contributed by atoms with van der Waals surface area (Å²) in [7, 11) is 0. The molecule has 1 fully saturated rings. The molecule has 0 bridgehead atoms. The predicted molar refractivity (Wildman–Crippen MR) is 43.1 cm³/mol. The number of ether oxygens (including phenoxy) is 1. The highest BCUT2D eigenvalue weighted by molar-refractivity contribution is 5.76. The van der Waals surface area contributed by atoms with E-state index in [0.29, 0.717) is 18.4 Å². The van der Waals surface area contributed by atoms with Crippen molar-refractivity contribution in [2.45, 2.75) is 27.2 Å². The SMILES string of the molecule is CCOC(=O)[C@H]1[C@@H](C)[C@H]1CC. The number of carbonyl (C=O) groups excluding carboxylic acids is 1. The molecule has 0 aromatic rings. The average Bonchev–Trinajstić information content (AvgIpc) is 2.61. The van der Waals surface area contributed by atoms with Gasteiger partial charge >= 0.3 is 5.97 Å². The third kappa shape index (κ3) is 1.55. The van der Waals surface area contributed by atoms with Crippen molar-refractivity contribution in [1.82, 2.24) is 0 Å². The highest BCUT2D eigenvalue weighted by Gasteiger charge is 2.51. The van der Waals surface area contributed by atoms with Crippen LogP contribution in [0.25, 0.3) is 0 Å². The molecule has 3 atom stereocenters. The first kappa shape index (κ1) is 8.57. The van der Waals surface area contributed by atoms with Crippen LogP contribution in [-0.4, -0.2) is 12.6 Å². The van der Waals surface area contributed by atoms with Crippen molar-refractivity contribution in [2.24, 2.45) is 17.8 Å². The van der Waals surface area contributed by atoms with Gasteiger partial charge in [0.1, 0.15) is 0 Å². The summed E-state index contributed by atoms with van der Waals surface area (Å²) in [5.74, 6) is 1.36. The molecule has 0 amide bonds. The van der Waals surface area contributed by atoms with Crippen LogP contribution < -0.4 is 0 Å². The van der Waals surface area contributed by atoms with Crippen molar-refractivity contribution >= 4 is 5.97 Å². The number of carbonyl (C=O) groups is 1. The van der Waals surface area contributed by atoms with Gasteiger partial charge in [-0.05, 0) is 18.8 Å². The molecule has 0 heterocycles. The normalized spacial score (nSPS) is 35.0. The second-order valence-corrected chi connectivity index (χ2v) is 3.21. The van der Waals surface area contributed by atoms with Crippen molar-refractivity contribution in [1.29, 1.82) is 0 Å². The first-order valence-electron chi connectivity index (χ1n) is 4.39. The molecule has 0 N–H and O–H groups in total. The van der Waals surface area contributed by atoms with Crippen molar-refractivity contribution < 1.29 is 9.53 Å². The molecule has 2 heteroatoms. The Morgan fingerprint density at radius 3 is 2.45 bits per heavy atom. The fraction of sp³-hybridized carbons (Fsp3) is 0.889. The summed E-state index contributed by atoms with van der Waals surface area (Å²) < 4.78 is 4.93. The fourth-order valence-electron chi connectivity index (χ4n) is 1.80. The molecular weight excluding hydrogens is 140 g/mol. The topological polar surface area (TPSA) is 26.3 Å². The summed E-state index contributed by atoms with van der Waals surface area (Å²) >= 11 is 0. The third-order valence-corrected chi connectivity index (χ3v) is 2.59. The standard InChI is InChI=1S/C9H16O2/c1-4-7-6(3)8(7)9(10)11-5-2/h6-8H,4-5H2,1-3H3/t6-,7+,8-/m0/s1. The van der Waals surface area contributed by atoms with Crippen LogP contribution >= 0.6 is 0 Å². The van der Waals surface area contributed by atoms with Crippen LogP contribution in [0.2, 0.25) is 0 Å². The van der Waals surface area contributed by atoms with Crippen LogP contribution in [0.1, 0.15) is 27.2 Å². The number of rotatable bonds is 3. The summed E-state index contributed by atoms with van der Waals surface area (Å²) in [6.07, 6.45) is 1.10. The zero-order valence-electron chi connectivity index (χ0n) is 7.46. The lowest BCUT2D eigenvalue weighted by molar-refractivity contribution is -0.145. The first-order valence-corrected chi connectivity index (χ1v) is 4.39. The van der Waals surface area contributed by atoms with Gasteiger partial charge in [0.15, 0.2) is 0 Å². The number of hydrogen-bond donors (Lipinski definition) is 0. The highest BCUT2D eigenvalue weighted by Crippen LogP contribution is 2.48. The Hall–Kier alpha value is -0.530. The first-order chi connectivity index (χ1) is 5.22. The molecule has 2 nitrogen and oxygen atoms in total. The van der Waals surface area contributed by atoms with Gasteiger partial charge in [-0.3, -0.25) is 4.79 Å². The number of esters is 1. The summed E-state index contributed by atoms with van der Waals surface area (Å²) in [6, 6.07) is 0. The molecule has 0 aromatic carbocycles. The van der Waals surface area contributed by atoms with Crippen LogP contribution in [0.3, 0.4) is 0 Å². The van der Waals surface area contributed by atoms with E-state index >= 15 is 0 Å². The maximum absolute atomic E-state index is 11.2. The van der Waals surface area contributed by atoms with Gasteiger partial charge in [0.2, 0.25) is 0 Å². The lowest BCUT2D eigenvalue weighted by Gasteiger charge is -1.98. The van der Waals surface area contributed by atoms with Crippen molar-refractivity contribution in [3.63, 3.8) is 0 Å². The van der Waals surface area contributed by atoms with E-state index in [0.717, 1.165) is 6.42 Å². The molecule has 0 aliphatic heterocycles. The van der Waals surface area contributed by atoms with Crippen LogP contribution in [-0.2, 0) is 9.53 Å². The fourth-order valence-corrected chi connectivity index (χ4v) is 1.80. The molecule has 0 radical (unpaired) electrons. The summed E-state index contributed by atoms with van der Waals surface area (Å²) in [5, 5.41) is 0. The molecule has 1 saturated carbocycles. The Kier molecular flexibility index (Phi) is 2.53. The lowest BCUT2D eigenvalue weighted by atomic mass is 10.2. The van der Waals surface area contributed by atoms with Crippen LogP contribution in [0.4, 0.5) is 0 Å². The van der Waals surface area contributed by atoms with Gasteiger partial charge in [-0.25, -0.2) is 0 Å². The maximum atomic E-state index is 11.2. The molecule has 1 aliphatic rings. The second-order valence-electron chi connectivity index (χ2n) is 3.21. The molecule has 64 valence electrons. The summed E-state index contributed by atoms with van der Waals surface area (Å²) in [4.78, 5) is 11.2. The highest BCUT2D eigenvalue weighted by atomic mass is 16.5. The Morgan fingerprint density at radius 2 is 2.09 bits per heavy atom. The maximum Gasteiger partial charge on any atom is 0.309 e. The van der Waals surface area contributed by atoms with Gasteiger partial charge in [-0.1, -0.05) is 20.3 Å². The Labute approximate surface area is 67.9 Å². The van der Waals surface area contributed by atoms with Gasteiger partial charge < -0.3 is 4.74 Å². The van der Waals surface area contributed by atoms with E-state index in [-0.39, 0.29) is 11.9 Å². The molecule has 0 spiro atoms. The molecular formula is C9H16O2. The van der Waals surface area contributed by atoms with Gasteiger partial charge in [-0.15, -0.1) is 0 Å². The monoisotopic (exact) mass is 156 g/mol. The van der Waals surface area contributed by atoms with E-state index in [4.69, 9.17) is 4.74 Å². The average molecular weight is 156 g/mol. The largest absolute Gasteiger partial charge is 0.466 e. The van der Waals surface area contributed by atoms with E-state index in [1.807, 2.05) is 6.92 Å². The van der Waals surface area contributed by atoms with E-state index < -0.39 is 0 Å². The minimum Gasteiger partial charge on any atom is -0.466 e. The van der Waals surface area contributed by atoms with E-state index in [9.17, 15) is 4.79 Å².